The Balaban J connectivity index is 0.00000312. The van der Waals surface area contributed by atoms with Crippen LogP contribution < -0.4 is 10.6 Å². The van der Waals surface area contributed by atoms with Gasteiger partial charge in [0.15, 0.2) is 11.8 Å². The number of aromatic nitrogens is 2. The van der Waals surface area contributed by atoms with Crippen LogP contribution in [0.15, 0.2) is 9.52 Å². The van der Waals surface area contributed by atoms with Gasteiger partial charge in [-0.1, -0.05) is 5.16 Å². The largest absolute Gasteiger partial charge is 0.381 e. The highest BCUT2D eigenvalue weighted by Crippen LogP contribution is 2.14. The molecule has 1 aromatic heterocycles. The monoisotopic (exact) mass is 467 g/mol. The fourth-order valence-electron chi connectivity index (χ4n) is 2.49. The zero-order valence-corrected chi connectivity index (χ0v) is 17.5. The second-order valence-corrected chi connectivity index (χ2v) is 5.90. The molecule has 1 fully saturated rings. The average Bonchev–Trinajstić information content (AvgIpc) is 3.02. The molecule has 0 unspecified atom stereocenters. The molecule has 0 bridgehead atoms. The number of aryl methyl sites for hydroxylation is 1. The predicted molar refractivity (Wildman–Crippen MR) is 106 cm³/mol. The Kier molecular flexibility index (Phi) is 11.7. The first-order valence-corrected chi connectivity index (χ1v) is 8.67. The molecule has 0 saturated carbocycles. The lowest BCUT2D eigenvalue weighted by Crippen LogP contribution is -2.39. The summed E-state index contributed by atoms with van der Waals surface area (Å²) < 4.78 is 16.2. The molecule has 25 heavy (non-hydrogen) atoms. The molecule has 0 amide bonds. The maximum absolute atomic E-state index is 5.75. The number of nitrogens with one attached hydrogen (secondary N) is 2. The van der Waals surface area contributed by atoms with Gasteiger partial charge in [0.05, 0.1) is 0 Å². The fourth-order valence-corrected chi connectivity index (χ4v) is 2.49. The molecule has 2 N–H and O–H groups in total. The Morgan fingerprint density at radius 2 is 2.04 bits per heavy atom. The molecule has 0 atom stereocenters. The van der Waals surface area contributed by atoms with Crippen molar-refractivity contribution in [2.24, 2.45) is 10.9 Å². The standard InChI is InChI=1S/C16H29N5O3.HI/c1-13-20-15(24-21-13)4-8-19-16(17-2)18-7-3-9-23-12-14-5-10-22-11-6-14;/h14H,3-12H2,1-2H3,(H2,17,18,19);1H. The highest BCUT2D eigenvalue weighted by Gasteiger charge is 2.13. The van der Waals surface area contributed by atoms with Crippen molar-refractivity contribution in [2.45, 2.75) is 32.6 Å². The maximum Gasteiger partial charge on any atom is 0.228 e. The molecule has 1 aliphatic rings. The Morgan fingerprint density at radius 1 is 1.28 bits per heavy atom. The zero-order chi connectivity index (χ0) is 17.0. The smallest absolute Gasteiger partial charge is 0.228 e. The minimum Gasteiger partial charge on any atom is -0.381 e. The second-order valence-electron chi connectivity index (χ2n) is 5.90. The first-order chi connectivity index (χ1) is 11.8. The summed E-state index contributed by atoms with van der Waals surface area (Å²) in [4.78, 5) is 8.35. The van der Waals surface area contributed by atoms with E-state index in [1.807, 2.05) is 6.92 Å². The lowest BCUT2D eigenvalue weighted by Gasteiger charge is -2.21. The lowest BCUT2D eigenvalue weighted by atomic mass is 10.0. The summed E-state index contributed by atoms with van der Waals surface area (Å²) in [5.41, 5.74) is 0. The molecule has 0 spiro atoms. The topological polar surface area (TPSA) is 93.8 Å². The molecule has 0 aromatic carbocycles. The first-order valence-electron chi connectivity index (χ1n) is 8.67. The van der Waals surface area contributed by atoms with Crippen LogP contribution in [0.2, 0.25) is 0 Å². The van der Waals surface area contributed by atoms with E-state index in [0.717, 1.165) is 58.2 Å². The van der Waals surface area contributed by atoms with E-state index in [1.165, 1.54) is 0 Å². The molecular weight excluding hydrogens is 437 g/mol. The van der Waals surface area contributed by atoms with Gasteiger partial charge in [-0.25, -0.2) is 0 Å². The molecule has 2 rings (SSSR count). The van der Waals surface area contributed by atoms with Gasteiger partial charge in [-0.2, -0.15) is 4.98 Å². The maximum atomic E-state index is 5.75. The van der Waals surface area contributed by atoms with Crippen LogP contribution in [0.25, 0.3) is 0 Å². The van der Waals surface area contributed by atoms with Crippen LogP contribution >= 0.6 is 24.0 Å². The summed E-state index contributed by atoms with van der Waals surface area (Å²) in [6.07, 6.45) is 3.87. The van der Waals surface area contributed by atoms with Crippen LogP contribution in [0, 0.1) is 12.8 Å². The summed E-state index contributed by atoms with van der Waals surface area (Å²) in [7, 11) is 1.76. The third-order valence-electron chi connectivity index (χ3n) is 3.88. The number of halogens is 1. The number of nitrogens with zero attached hydrogens (tertiary/aromatic N) is 3. The fraction of sp³-hybridized carbons (Fsp3) is 0.812. The van der Waals surface area contributed by atoms with E-state index in [1.54, 1.807) is 7.05 Å². The first kappa shape index (κ1) is 22.1. The normalized spacial score (nSPS) is 15.7. The van der Waals surface area contributed by atoms with E-state index >= 15 is 0 Å². The van der Waals surface area contributed by atoms with Crippen molar-refractivity contribution in [3.63, 3.8) is 0 Å². The van der Waals surface area contributed by atoms with Crippen molar-refractivity contribution < 1.29 is 14.0 Å². The molecule has 1 saturated heterocycles. The summed E-state index contributed by atoms with van der Waals surface area (Å²) in [6.45, 7) is 6.70. The van der Waals surface area contributed by atoms with Crippen molar-refractivity contribution in [1.29, 1.82) is 0 Å². The van der Waals surface area contributed by atoms with Crippen molar-refractivity contribution in [1.82, 2.24) is 20.8 Å². The summed E-state index contributed by atoms with van der Waals surface area (Å²) >= 11 is 0. The van der Waals surface area contributed by atoms with Gasteiger partial charge in [-0.05, 0) is 32.1 Å². The predicted octanol–water partition coefficient (Wildman–Crippen LogP) is 1.54. The Morgan fingerprint density at radius 3 is 2.72 bits per heavy atom. The average molecular weight is 467 g/mol. The summed E-state index contributed by atoms with van der Waals surface area (Å²) in [5, 5.41) is 10.3. The highest BCUT2D eigenvalue weighted by molar-refractivity contribution is 14.0. The van der Waals surface area contributed by atoms with E-state index in [9.17, 15) is 0 Å². The number of ether oxygens (including phenoxy) is 2. The number of rotatable bonds is 9. The molecule has 0 radical (unpaired) electrons. The minimum absolute atomic E-state index is 0. The molecule has 1 aliphatic heterocycles. The van der Waals surface area contributed by atoms with E-state index in [0.29, 0.717) is 30.6 Å². The summed E-state index contributed by atoms with van der Waals surface area (Å²) in [6, 6.07) is 0. The van der Waals surface area contributed by atoms with Crippen LogP contribution in [0.1, 0.15) is 31.0 Å². The van der Waals surface area contributed by atoms with Crippen LogP contribution in [0.3, 0.4) is 0 Å². The van der Waals surface area contributed by atoms with E-state index in [2.05, 4.69) is 25.8 Å². The molecule has 2 heterocycles. The van der Waals surface area contributed by atoms with Crippen molar-refractivity contribution in [2.75, 3.05) is 46.6 Å². The van der Waals surface area contributed by atoms with Gasteiger partial charge in [0.2, 0.25) is 5.89 Å². The van der Waals surface area contributed by atoms with Gasteiger partial charge in [0, 0.05) is 53.0 Å². The van der Waals surface area contributed by atoms with E-state index in [-0.39, 0.29) is 24.0 Å². The third kappa shape index (κ3) is 9.36. The zero-order valence-electron chi connectivity index (χ0n) is 15.1. The quantitative estimate of drug-likeness (QED) is 0.246. The van der Waals surface area contributed by atoms with E-state index in [4.69, 9.17) is 14.0 Å². The second kappa shape index (κ2) is 13.3. The van der Waals surface area contributed by atoms with Gasteiger partial charge >= 0.3 is 0 Å². The van der Waals surface area contributed by atoms with Crippen molar-refractivity contribution in [3.05, 3.63) is 11.7 Å². The SMILES string of the molecule is CN=C(NCCCOCC1CCOCC1)NCCc1nc(C)no1.I. The van der Waals surface area contributed by atoms with Crippen molar-refractivity contribution >= 4 is 29.9 Å². The van der Waals surface area contributed by atoms with Crippen LogP contribution in [-0.2, 0) is 15.9 Å². The Labute approximate surface area is 166 Å². The molecule has 8 nitrogen and oxygen atoms in total. The van der Waals surface area contributed by atoms with E-state index < -0.39 is 0 Å². The number of aliphatic imine (C=N–C) groups is 1. The summed E-state index contributed by atoms with van der Waals surface area (Å²) in [5.74, 6) is 2.73. The van der Waals surface area contributed by atoms with Gasteiger partial charge in [0.1, 0.15) is 0 Å². The molecular formula is C16H30IN5O3. The van der Waals surface area contributed by atoms with Crippen LogP contribution in [0.4, 0.5) is 0 Å². The highest BCUT2D eigenvalue weighted by atomic mass is 127. The third-order valence-corrected chi connectivity index (χ3v) is 3.88. The van der Waals surface area contributed by atoms with Crippen LogP contribution in [-0.4, -0.2) is 62.7 Å². The molecule has 0 aliphatic carbocycles. The van der Waals surface area contributed by atoms with Gasteiger partial charge in [-0.3, -0.25) is 4.99 Å². The number of hydrogen-bond acceptors (Lipinski definition) is 6. The molecule has 1 aromatic rings. The van der Waals surface area contributed by atoms with Gasteiger partial charge in [-0.15, -0.1) is 24.0 Å². The lowest BCUT2D eigenvalue weighted by molar-refractivity contribution is 0.0203. The minimum atomic E-state index is 0. The molecule has 9 heteroatoms. The number of guanidine groups is 1. The van der Waals surface area contributed by atoms with Gasteiger partial charge < -0.3 is 24.6 Å². The Bertz CT molecular complexity index is 492. The number of hydrogen-bond donors (Lipinski definition) is 2. The van der Waals surface area contributed by atoms with Crippen molar-refractivity contribution in [3.8, 4) is 0 Å². The van der Waals surface area contributed by atoms with Gasteiger partial charge in [0.25, 0.3) is 0 Å². The Hall–Kier alpha value is -0.940. The van der Waals surface area contributed by atoms with Crippen LogP contribution in [0.5, 0.6) is 0 Å². The molecule has 144 valence electrons.